The van der Waals surface area contributed by atoms with Crippen LogP contribution in [0.1, 0.15) is 27.7 Å². The van der Waals surface area contributed by atoms with Gasteiger partial charge in [-0.3, -0.25) is 0 Å². The van der Waals surface area contributed by atoms with Crippen LogP contribution in [0.3, 0.4) is 0 Å². The maximum Gasteiger partial charge on any atom is 0.457 e. The molecule has 3 heteroatoms. The summed E-state index contributed by atoms with van der Waals surface area (Å²) in [4.78, 5) is 0. The lowest BCUT2D eigenvalue weighted by atomic mass is 9.78. The van der Waals surface area contributed by atoms with Gasteiger partial charge in [-0.25, -0.2) is 0 Å². The van der Waals surface area contributed by atoms with E-state index in [4.69, 9.17) is 9.31 Å². The van der Waals surface area contributed by atoms with Crippen molar-refractivity contribution < 1.29 is 9.31 Å². The summed E-state index contributed by atoms with van der Waals surface area (Å²) in [5.41, 5.74) is 0. The zero-order valence-corrected chi connectivity index (χ0v) is 8.09. The van der Waals surface area contributed by atoms with E-state index >= 15 is 0 Å². The van der Waals surface area contributed by atoms with E-state index in [1.54, 1.807) is 0 Å². The first-order valence-corrected chi connectivity index (χ1v) is 4.43. The van der Waals surface area contributed by atoms with Gasteiger partial charge in [0.1, 0.15) is 0 Å². The largest absolute Gasteiger partial charge is 0.457 e. The van der Waals surface area contributed by atoms with Crippen LogP contribution in [-0.4, -0.2) is 20.3 Å². The predicted octanol–water partition coefficient (Wildman–Crippen LogP) is 2.20. The molecule has 2 nitrogen and oxygen atoms in total. The monoisotopic (exact) mass is 158 g/mol. The Bertz CT molecular complexity index is 80.2. The first-order chi connectivity index (χ1) is 5.20. The lowest BCUT2D eigenvalue weighted by Crippen LogP contribution is -2.24. The van der Waals surface area contributed by atoms with Gasteiger partial charge < -0.3 is 9.31 Å². The minimum absolute atomic E-state index is 0.00463. The van der Waals surface area contributed by atoms with Crippen molar-refractivity contribution in [3.05, 3.63) is 0 Å². The van der Waals surface area contributed by atoms with Crippen LogP contribution in [0.2, 0.25) is 6.32 Å². The molecule has 11 heavy (non-hydrogen) atoms. The highest BCUT2D eigenvalue weighted by Gasteiger charge is 2.17. The van der Waals surface area contributed by atoms with E-state index < -0.39 is 0 Å². The number of rotatable bonds is 6. The van der Waals surface area contributed by atoms with Crippen molar-refractivity contribution in [2.45, 2.75) is 34.0 Å². The molecule has 0 saturated carbocycles. The number of hydrogen-bond acceptors (Lipinski definition) is 2. The van der Waals surface area contributed by atoms with Gasteiger partial charge in [0.25, 0.3) is 0 Å². The summed E-state index contributed by atoms with van der Waals surface area (Å²) < 4.78 is 10.7. The summed E-state index contributed by atoms with van der Waals surface area (Å²) >= 11 is 0. The van der Waals surface area contributed by atoms with E-state index in [-0.39, 0.29) is 7.12 Å². The van der Waals surface area contributed by atoms with Crippen LogP contribution in [0.5, 0.6) is 0 Å². The third-order valence-electron chi connectivity index (χ3n) is 1.37. The summed E-state index contributed by atoms with van der Waals surface area (Å²) in [6, 6.07) is 0. The molecule has 0 aliphatic heterocycles. The fraction of sp³-hybridized carbons (Fsp3) is 1.00. The van der Waals surface area contributed by atoms with Crippen LogP contribution in [-0.2, 0) is 9.31 Å². The van der Waals surface area contributed by atoms with Crippen LogP contribution in [0.15, 0.2) is 0 Å². The van der Waals surface area contributed by atoms with Gasteiger partial charge >= 0.3 is 7.12 Å². The fourth-order valence-corrected chi connectivity index (χ4v) is 0.941. The summed E-state index contributed by atoms with van der Waals surface area (Å²) in [5.74, 6) is 0.637. The Morgan fingerprint density at radius 3 is 1.82 bits per heavy atom. The Kier molecular flexibility index (Phi) is 6.67. The molecule has 0 aromatic carbocycles. The van der Waals surface area contributed by atoms with Crippen LogP contribution >= 0.6 is 0 Å². The molecule has 0 saturated heterocycles. The van der Waals surface area contributed by atoms with Gasteiger partial charge in [-0.15, -0.1) is 0 Å². The molecule has 0 aromatic rings. The second kappa shape index (κ2) is 6.68. The maximum absolute atomic E-state index is 5.37. The zero-order valence-electron chi connectivity index (χ0n) is 8.09. The average Bonchev–Trinajstić information content (AvgIpc) is 1.87. The normalized spacial score (nSPS) is 10.6. The maximum atomic E-state index is 5.37. The zero-order chi connectivity index (χ0) is 8.69. The van der Waals surface area contributed by atoms with Crippen molar-refractivity contribution >= 4 is 7.12 Å². The predicted molar refractivity (Wildman–Crippen MR) is 48.7 cm³/mol. The van der Waals surface area contributed by atoms with Gasteiger partial charge in [0.2, 0.25) is 0 Å². The van der Waals surface area contributed by atoms with Crippen molar-refractivity contribution in [1.29, 1.82) is 0 Å². The van der Waals surface area contributed by atoms with E-state index in [2.05, 4.69) is 13.8 Å². The second-order valence-corrected chi connectivity index (χ2v) is 2.97. The molecule has 0 bridgehead atoms. The van der Waals surface area contributed by atoms with Gasteiger partial charge in [0, 0.05) is 13.2 Å². The van der Waals surface area contributed by atoms with E-state index in [1.807, 2.05) is 13.8 Å². The summed E-state index contributed by atoms with van der Waals surface area (Å²) in [6.07, 6.45) is 0.988. The minimum Gasteiger partial charge on any atom is -0.411 e. The minimum atomic E-state index is 0.00463. The molecule has 66 valence electrons. The van der Waals surface area contributed by atoms with Crippen LogP contribution in [0, 0.1) is 5.92 Å². The molecule has 0 rings (SSSR count). The van der Waals surface area contributed by atoms with Crippen molar-refractivity contribution in [1.82, 2.24) is 0 Å². The SMILES string of the molecule is CCOB(CC(C)C)OCC. The molecule has 0 spiro atoms. The second-order valence-electron chi connectivity index (χ2n) is 2.97. The van der Waals surface area contributed by atoms with Gasteiger partial charge in [-0.05, 0) is 26.1 Å². The Balaban J connectivity index is 3.50. The highest BCUT2D eigenvalue weighted by molar-refractivity contribution is 6.44. The van der Waals surface area contributed by atoms with Crippen LogP contribution in [0.4, 0.5) is 0 Å². The molecule has 0 fully saturated rings. The molecule has 0 atom stereocenters. The van der Waals surface area contributed by atoms with Gasteiger partial charge in [0.05, 0.1) is 0 Å². The fourth-order valence-electron chi connectivity index (χ4n) is 0.941. The van der Waals surface area contributed by atoms with E-state index in [0.717, 1.165) is 19.5 Å². The number of hydrogen-bond donors (Lipinski definition) is 0. The van der Waals surface area contributed by atoms with E-state index in [0.29, 0.717) is 5.92 Å². The molecule has 0 heterocycles. The Labute approximate surface area is 70.4 Å². The first-order valence-electron chi connectivity index (χ1n) is 4.43. The molecule has 0 radical (unpaired) electrons. The average molecular weight is 158 g/mol. The topological polar surface area (TPSA) is 18.5 Å². The summed E-state index contributed by atoms with van der Waals surface area (Å²) in [6.45, 7) is 9.80. The Hall–Kier alpha value is -0.0151. The van der Waals surface area contributed by atoms with Crippen molar-refractivity contribution in [3.63, 3.8) is 0 Å². The summed E-state index contributed by atoms with van der Waals surface area (Å²) in [5, 5.41) is 0. The smallest absolute Gasteiger partial charge is 0.411 e. The first kappa shape index (κ1) is 11.0. The quantitative estimate of drug-likeness (QED) is 0.551. The highest BCUT2D eigenvalue weighted by Crippen LogP contribution is 2.07. The molecule has 0 aromatic heterocycles. The standard InChI is InChI=1S/C8H19BO2/c1-5-10-9(11-6-2)7-8(3)4/h8H,5-7H2,1-4H3. The van der Waals surface area contributed by atoms with Crippen molar-refractivity contribution in [2.24, 2.45) is 5.92 Å². The van der Waals surface area contributed by atoms with Gasteiger partial charge in [-0.2, -0.15) is 0 Å². The molecule has 0 unspecified atom stereocenters. The molecule has 0 N–H and O–H groups in total. The van der Waals surface area contributed by atoms with Gasteiger partial charge in [-0.1, -0.05) is 13.8 Å². The molecule has 0 aliphatic rings. The molecule has 0 aliphatic carbocycles. The Morgan fingerprint density at radius 1 is 1.09 bits per heavy atom. The third-order valence-corrected chi connectivity index (χ3v) is 1.37. The molecule has 0 amide bonds. The van der Waals surface area contributed by atoms with E-state index in [1.165, 1.54) is 0 Å². The lowest BCUT2D eigenvalue weighted by Gasteiger charge is -2.13. The van der Waals surface area contributed by atoms with Crippen LogP contribution in [0.25, 0.3) is 0 Å². The Morgan fingerprint density at radius 2 is 1.55 bits per heavy atom. The highest BCUT2D eigenvalue weighted by atomic mass is 16.6. The molecular weight excluding hydrogens is 139 g/mol. The van der Waals surface area contributed by atoms with Crippen LogP contribution < -0.4 is 0 Å². The van der Waals surface area contributed by atoms with Crippen molar-refractivity contribution in [3.8, 4) is 0 Å². The lowest BCUT2D eigenvalue weighted by molar-refractivity contribution is 0.210. The third kappa shape index (κ3) is 6.39. The van der Waals surface area contributed by atoms with E-state index in [9.17, 15) is 0 Å². The van der Waals surface area contributed by atoms with Crippen molar-refractivity contribution in [2.75, 3.05) is 13.2 Å². The summed E-state index contributed by atoms with van der Waals surface area (Å²) in [7, 11) is 0.00463. The molecular formula is C8H19BO2. The van der Waals surface area contributed by atoms with Gasteiger partial charge in [0.15, 0.2) is 0 Å².